The number of amides is 1. The molecule has 0 aromatic carbocycles. The van der Waals surface area contributed by atoms with E-state index in [0.29, 0.717) is 17.9 Å². The van der Waals surface area contributed by atoms with Crippen molar-refractivity contribution in [1.29, 1.82) is 0 Å². The maximum Gasteiger partial charge on any atom is 0.374 e. The lowest BCUT2D eigenvalue weighted by atomic mass is 10.1. The molecule has 0 bridgehead atoms. The van der Waals surface area contributed by atoms with Gasteiger partial charge in [0.2, 0.25) is 11.7 Å². The van der Waals surface area contributed by atoms with Crippen molar-refractivity contribution in [2.75, 3.05) is 23.4 Å². The number of nitrogens with zero attached hydrogens (tertiary/aromatic N) is 2. The SMILES string of the molecule is CC(=O)N1CC2(CC2)N(C)c2c1coc2C(=O)O. The second-order valence-electron chi connectivity index (χ2n) is 4.99. The monoisotopic (exact) mass is 250 g/mol. The van der Waals surface area contributed by atoms with Crippen molar-refractivity contribution in [3.8, 4) is 0 Å². The summed E-state index contributed by atoms with van der Waals surface area (Å²) in [7, 11) is 1.87. The van der Waals surface area contributed by atoms with Gasteiger partial charge >= 0.3 is 5.97 Å². The van der Waals surface area contributed by atoms with Crippen LogP contribution in [0.25, 0.3) is 0 Å². The number of carboxylic acid groups (broad SMARTS) is 1. The molecule has 1 saturated carbocycles. The molecule has 6 heteroatoms. The number of carboxylic acids is 1. The molecule has 1 spiro atoms. The first-order valence-corrected chi connectivity index (χ1v) is 5.83. The quantitative estimate of drug-likeness (QED) is 0.813. The van der Waals surface area contributed by atoms with E-state index >= 15 is 0 Å². The molecular formula is C12H14N2O4. The zero-order valence-electron chi connectivity index (χ0n) is 10.3. The summed E-state index contributed by atoms with van der Waals surface area (Å²) in [5.74, 6) is -1.29. The molecule has 3 rings (SSSR count). The van der Waals surface area contributed by atoms with E-state index in [1.807, 2.05) is 11.9 Å². The molecule has 2 heterocycles. The zero-order valence-corrected chi connectivity index (χ0v) is 10.3. The number of rotatable bonds is 1. The Morgan fingerprint density at radius 1 is 1.44 bits per heavy atom. The standard InChI is InChI=1S/C12H14N2O4/c1-7(15)14-6-12(3-4-12)13(2)9-8(14)5-18-10(9)11(16)17/h5H,3-4,6H2,1-2H3,(H,16,17). The van der Waals surface area contributed by atoms with E-state index in [-0.39, 0.29) is 17.2 Å². The third-order valence-corrected chi connectivity index (χ3v) is 3.94. The average Bonchev–Trinajstić information content (AvgIpc) is 2.92. The Kier molecular flexibility index (Phi) is 2.03. The van der Waals surface area contributed by atoms with Gasteiger partial charge in [-0.05, 0) is 12.8 Å². The van der Waals surface area contributed by atoms with Crippen molar-refractivity contribution >= 4 is 23.3 Å². The van der Waals surface area contributed by atoms with E-state index in [4.69, 9.17) is 9.52 Å². The fraction of sp³-hybridized carbons (Fsp3) is 0.500. The smallest absolute Gasteiger partial charge is 0.374 e. The van der Waals surface area contributed by atoms with Crippen LogP contribution >= 0.6 is 0 Å². The van der Waals surface area contributed by atoms with E-state index in [0.717, 1.165) is 12.8 Å². The fourth-order valence-electron chi connectivity index (χ4n) is 2.65. The van der Waals surface area contributed by atoms with Gasteiger partial charge < -0.3 is 19.3 Å². The highest BCUT2D eigenvalue weighted by molar-refractivity contribution is 6.03. The third-order valence-electron chi connectivity index (χ3n) is 3.94. The first kappa shape index (κ1) is 11.1. The molecule has 1 fully saturated rings. The maximum atomic E-state index is 11.7. The summed E-state index contributed by atoms with van der Waals surface area (Å²) < 4.78 is 5.12. The number of aromatic carboxylic acids is 1. The summed E-state index contributed by atoms with van der Waals surface area (Å²) in [6, 6.07) is 0. The van der Waals surface area contributed by atoms with Crippen molar-refractivity contribution < 1.29 is 19.1 Å². The van der Waals surface area contributed by atoms with Crippen LogP contribution in [0.15, 0.2) is 10.7 Å². The van der Waals surface area contributed by atoms with Gasteiger partial charge in [0.05, 0.1) is 5.54 Å². The summed E-state index contributed by atoms with van der Waals surface area (Å²) >= 11 is 0. The largest absolute Gasteiger partial charge is 0.475 e. The van der Waals surface area contributed by atoms with Crippen LogP contribution in [0.5, 0.6) is 0 Å². The Labute approximate surface area is 104 Å². The molecule has 1 aromatic rings. The second-order valence-corrected chi connectivity index (χ2v) is 4.99. The topological polar surface area (TPSA) is 74.0 Å². The molecule has 6 nitrogen and oxygen atoms in total. The molecule has 2 aliphatic rings. The van der Waals surface area contributed by atoms with Crippen LogP contribution in [0, 0.1) is 0 Å². The summed E-state index contributed by atoms with van der Waals surface area (Å²) in [6.07, 6.45) is 3.29. The molecule has 0 radical (unpaired) electrons. The lowest BCUT2D eigenvalue weighted by molar-refractivity contribution is -0.116. The number of carbonyl (C=O) groups excluding carboxylic acids is 1. The lowest BCUT2D eigenvalue weighted by Gasteiger charge is -2.40. The van der Waals surface area contributed by atoms with Gasteiger partial charge in [0.1, 0.15) is 17.6 Å². The van der Waals surface area contributed by atoms with E-state index in [1.54, 1.807) is 4.90 Å². The molecular weight excluding hydrogens is 236 g/mol. The molecule has 1 aliphatic carbocycles. The number of anilines is 2. The Balaban J connectivity index is 2.16. The van der Waals surface area contributed by atoms with Crippen LogP contribution in [0.2, 0.25) is 0 Å². The van der Waals surface area contributed by atoms with E-state index < -0.39 is 5.97 Å². The van der Waals surface area contributed by atoms with Gasteiger partial charge in [0.15, 0.2) is 0 Å². The normalized spacial score (nSPS) is 19.9. The molecule has 0 saturated heterocycles. The molecule has 1 N–H and O–H groups in total. The minimum absolute atomic E-state index is 0.0895. The number of hydrogen-bond donors (Lipinski definition) is 1. The van der Waals surface area contributed by atoms with Crippen LogP contribution in [-0.4, -0.2) is 36.1 Å². The molecule has 0 atom stereocenters. The lowest BCUT2D eigenvalue weighted by Crippen LogP contribution is -2.50. The van der Waals surface area contributed by atoms with E-state index in [2.05, 4.69) is 0 Å². The second kappa shape index (κ2) is 3.28. The van der Waals surface area contributed by atoms with E-state index in [1.165, 1.54) is 13.2 Å². The van der Waals surface area contributed by atoms with Crippen molar-refractivity contribution in [3.63, 3.8) is 0 Å². The van der Waals surface area contributed by atoms with Gasteiger partial charge in [-0.25, -0.2) is 4.79 Å². The van der Waals surface area contributed by atoms with Crippen LogP contribution < -0.4 is 9.80 Å². The fourth-order valence-corrected chi connectivity index (χ4v) is 2.65. The molecule has 1 aliphatic heterocycles. The zero-order chi connectivity index (χ0) is 13.1. The number of likely N-dealkylation sites (N-methyl/N-ethyl adjacent to an activating group) is 1. The minimum Gasteiger partial charge on any atom is -0.475 e. The van der Waals surface area contributed by atoms with Crippen molar-refractivity contribution in [2.24, 2.45) is 0 Å². The number of furan rings is 1. The summed E-state index contributed by atoms with van der Waals surface area (Å²) in [6.45, 7) is 2.09. The van der Waals surface area contributed by atoms with Crippen molar-refractivity contribution in [2.45, 2.75) is 25.3 Å². The van der Waals surface area contributed by atoms with Crippen LogP contribution in [0.4, 0.5) is 11.4 Å². The Bertz CT molecular complexity index is 544. The highest BCUT2D eigenvalue weighted by atomic mass is 16.4. The first-order chi connectivity index (χ1) is 8.46. The maximum absolute atomic E-state index is 11.7. The third kappa shape index (κ3) is 1.28. The van der Waals surface area contributed by atoms with Gasteiger partial charge in [0.25, 0.3) is 0 Å². The van der Waals surface area contributed by atoms with Crippen LogP contribution in [-0.2, 0) is 4.79 Å². The molecule has 96 valence electrons. The Morgan fingerprint density at radius 3 is 2.61 bits per heavy atom. The molecule has 1 aromatic heterocycles. The highest BCUT2D eigenvalue weighted by Gasteiger charge is 2.53. The van der Waals surface area contributed by atoms with Crippen molar-refractivity contribution in [1.82, 2.24) is 0 Å². The minimum atomic E-state index is -1.11. The molecule has 1 amide bonds. The van der Waals surface area contributed by atoms with Crippen LogP contribution in [0.3, 0.4) is 0 Å². The summed E-state index contributed by atoms with van der Waals surface area (Å²) in [5.41, 5.74) is 0.966. The molecule has 18 heavy (non-hydrogen) atoms. The number of fused-ring (bicyclic) bond motifs is 1. The number of hydrogen-bond acceptors (Lipinski definition) is 4. The highest BCUT2D eigenvalue weighted by Crippen LogP contribution is 2.52. The van der Waals surface area contributed by atoms with Gasteiger partial charge in [-0.3, -0.25) is 4.79 Å². The summed E-state index contributed by atoms with van der Waals surface area (Å²) in [5, 5.41) is 9.14. The van der Waals surface area contributed by atoms with Gasteiger partial charge in [0, 0.05) is 20.5 Å². The average molecular weight is 250 g/mol. The van der Waals surface area contributed by atoms with E-state index in [9.17, 15) is 9.59 Å². The molecule has 0 unspecified atom stereocenters. The van der Waals surface area contributed by atoms with Crippen LogP contribution in [0.1, 0.15) is 30.3 Å². The Hall–Kier alpha value is -1.98. The Morgan fingerprint density at radius 2 is 2.11 bits per heavy atom. The predicted molar refractivity (Wildman–Crippen MR) is 64.1 cm³/mol. The predicted octanol–water partition coefficient (Wildman–Crippen LogP) is 1.31. The first-order valence-electron chi connectivity index (χ1n) is 5.83. The van der Waals surface area contributed by atoms with Crippen molar-refractivity contribution in [3.05, 3.63) is 12.0 Å². The van der Waals surface area contributed by atoms with Gasteiger partial charge in [-0.2, -0.15) is 0 Å². The summed E-state index contributed by atoms with van der Waals surface area (Å²) in [4.78, 5) is 26.4. The number of carbonyl (C=O) groups is 2. The van der Waals surface area contributed by atoms with Gasteiger partial charge in [-0.15, -0.1) is 0 Å². The van der Waals surface area contributed by atoms with Gasteiger partial charge in [-0.1, -0.05) is 0 Å².